The molecule has 0 bridgehead atoms. The van der Waals surface area contributed by atoms with Crippen LogP contribution < -0.4 is 5.73 Å². The van der Waals surface area contributed by atoms with E-state index in [1.165, 1.54) is 70.8 Å². The Morgan fingerprint density at radius 2 is 1.72 bits per heavy atom. The summed E-state index contributed by atoms with van der Waals surface area (Å²) in [5, 5.41) is 0. The highest BCUT2D eigenvalue weighted by molar-refractivity contribution is 4.82. The molecule has 1 unspecified atom stereocenters. The maximum Gasteiger partial charge on any atom is 0.0221 e. The molecule has 18 heavy (non-hydrogen) atoms. The zero-order valence-corrected chi connectivity index (χ0v) is 12.7. The second kappa shape index (κ2) is 9.80. The van der Waals surface area contributed by atoms with E-state index in [9.17, 15) is 0 Å². The SMILES string of the molecule is CCCCCCCC(CN)N(CC)C1CCCC1. The van der Waals surface area contributed by atoms with Crippen LogP contribution in [-0.4, -0.2) is 30.1 Å². The van der Waals surface area contributed by atoms with E-state index in [-0.39, 0.29) is 0 Å². The number of unbranched alkanes of at least 4 members (excludes halogenated alkanes) is 4. The summed E-state index contributed by atoms with van der Waals surface area (Å²) in [7, 11) is 0. The van der Waals surface area contributed by atoms with Gasteiger partial charge in [0.25, 0.3) is 0 Å². The fraction of sp³-hybridized carbons (Fsp3) is 1.00. The van der Waals surface area contributed by atoms with Crippen LogP contribution in [0.2, 0.25) is 0 Å². The van der Waals surface area contributed by atoms with Crippen LogP contribution in [0, 0.1) is 0 Å². The molecule has 2 heteroatoms. The number of nitrogens with zero attached hydrogens (tertiary/aromatic N) is 1. The van der Waals surface area contributed by atoms with Crippen molar-refractivity contribution in [3.05, 3.63) is 0 Å². The second-order valence-corrected chi connectivity index (χ2v) is 5.86. The Morgan fingerprint density at radius 3 is 2.28 bits per heavy atom. The van der Waals surface area contributed by atoms with Crippen molar-refractivity contribution in [1.82, 2.24) is 4.90 Å². The molecule has 0 spiro atoms. The minimum atomic E-state index is 0.639. The van der Waals surface area contributed by atoms with E-state index in [1.807, 2.05) is 0 Å². The van der Waals surface area contributed by atoms with Gasteiger partial charge in [0.05, 0.1) is 0 Å². The molecule has 0 saturated heterocycles. The molecule has 0 amide bonds. The van der Waals surface area contributed by atoms with Crippen molar-refractivity contribution in [2.45, 2.75) is 90.1 Å². The van der Waals surface area contributed by atoms with Crippen molar-refractivity contribution in [1.29, 1.82) is 0 Å². The monoisotopic (exact) mass is 254 g/mol. The summed E-state index contributed by atoms with van der Waals surface area (Å²) in [5.41, 5.74) is 6.02. The van der Waals surface area contributed by atoms with E-state index >= 15 is 0 Å². The van der Waals surface area contributed by atoms with Gasteiger partial charge in [0.1, 0.15) is 0 Å². The van der Waals surface area contributed by atoms with Crippen molar-refractivity contribution in [2.24, 2.45) is 5.73 Å². The molecule has 1 fully saturated rings. The summed E-state index contributed by atoms with van der Waals surface area (Å²) in [6.07, 6.45) is 13.9. The quantitative estimate of drug-likeness (QED) is 0.598. The van der Waals surface area contributed by atoms with E-state index < -0.39 is 0 Å². The van der Waals surface area contributed by atoms with E-state index in [0.29, 0.717) is 6.04 Å². The number of rotatable bonds is 10. The van der Waals surface area contributed by atoms with E-state index in [4.69, 9.17) is 5.73 Å². The van der Waals surface area contributed by atoms with E-state index in [0.717, 1.165) is 12.6 Å². The van der Waals surface area contributed by atoms with Crippen LogP contribution in [0.3, 0.4) is 0 Å². The number of likely N-dealkylation sites (N-methyl/N-ethyl adjacent to an activating group) is 1. The van der Waals surface area contributed by atoms with Crippen LogP contribution in [0.15, 0.2) is 0 Å². The summed E-state index contributed by atoms with van der Waals surface area (Å²) in [6, 6.07) is 1.47. The molecule has 1 aliphatic rings. The topological polar surface area (TPSA) is 29.3 Å². The van der Waals surface area contributed by atoms with Gasteiger partial charge in [0.15, 0.2) is 0 Å². The first-order valence-electron chi connectivity index (χ1n) is 8.29. The second-order valence-electron chi connectivity index (χ2n) is 5.86. The lowest BCUT2D eigenvalue weighted by Gasteiger charge is -2.35. The van der Waals surface area contributed by atoms with Gasteiger partial charge in [-0.25, -0.2) is 0 Å². The van der Waals surface area contributed by atoms with Gasteiger partial charge in [-0.05, 0) is 25.8 Å². The van der Waals surface area contributed by atoms with E-state index in [1.54, 1.807) is 0 Å². The highest BCUT2D eigenvalue weighted by atomic mass is 15.2. The van der Waals surface area contributed by atoms with Gasteiger partial charge in [-0.2, -0.15) is 0 Å². The third kappa shape index (κ3) is 5.27. The van der Waals surface area contributed by atoms with Crippen LogP contribution in [-0.2, 0) is 0 Å². The van der Waals surface area contributed by atoms with Crippen LogP contribution in [0.5, 0.6) is 0 Å². The average molecular weight is 254 g/mol. The third-order valence-electron chi connectivity index (χ3n) is 4.54. The maximum atomic E-state index is 6.02. The summed E-state index contributed by atoms with van der Waals surface area (Å²) >= 11 is 0. The molecule has 2 N–H and O–H groups in total. The highest BCUT2D eigenvalue weighted by Crippen LogP contribution is 2.26. The first-order valence-corrected chi connectivity index (χ1v) is 8.29. The van der Waals surface area contributed by atoms with Gasteiger partial charge in [-0.15, -0.1) is 0 Å². The fourth-order valence-electron chi connectivity index (χ4n) is 3.45. The van der Waals surface area contributed by atoms with Gasteiger partial charge in [-0.3, -0.25) is 4.90 Å². The molecule has 0 aromatic rings. The van der Waals surface area contributed by atoms with Crippen molar-refractivity contribution in [3.63, 3.8) is 0 Å². The van der Waals surface area contributed by atoms with Crippen LogP contribution >= 0.6 is 0 Å². The van der Waals surface area contributed by atoms with Crippen molar-refractivity contribution >= 4 is 0 Å². The zero-order valence-electron chi connectivity index (χ0n) is 12.7. The molecule has 0 heterocycles. The Bertz CT molecular complexity index is 188. The lowest BCUT2D eigenvalue weighted by Crippen LogP contribution is -2.45. The Balaban J connectivity index is 2.27. The smallest absolute Gasteiger partial charge is 0.0221 e. The predicted octanol–water partition coefficient (Wildman–Crippen LogP) is 3.94. The van der Waals surface area contributed by atoms with E-state index in [2.05, 4.69) is 18.7 Å². The standard InChI is InChI=1S/C16H34N2/c1-3-5-6-7-8-13-16(14-17)18(4-2)15-11-9-10-12-15/h15-16H,3-14,17H2,1-2H3. The van der Waals surface area contributed by atoms with Crippen LogP contribution in [0.4, 0.5) is 0 Å². The number of hydrogen-bond acceptors (Lipinski definition) is 2. The first kappa shape index (κ1) is 16.0. The Hall–Kier alpha value is -0.0800. The molecule has 1 aliphatic carbocycles. The molecule has 0 radical (unpaired) electrons. The molecule has 2 nitrogen and oxygen atoms in total. The van der Waals surface area contributed by atoms with Gasteiger partial charge in [-0.1, -0.05) is 58.8 Å². The summed E-state index contributed by atoms with van der Waals surface area (Å²) in [4.78, 5) is 2.70. The average Bonchev–Trinajstić information content (AvgIpc) is 2.91. The van der Waals surface area contributed by atoms with Crippen LogP contribution in [0.1, 0.15) is 78.1 Å². The summed E-state index contributed by atoms with van der Waals surface area (Å²) in [6.45, 7) is 6.61. The molecule has 0 aromatic carbocycles. The van der Waals surface area contributed by atoms with Crippen molar-refractivity contribution in [3.8, 4) is 0 Å². The maximum absolute atomic E-state index is 6.02. The van der Waals surface area contributed by atoms with Crippen molar-refractivity contribution < 1.29 is 0 Å². The lowest BCUT2D eigenvalue weighted by atomic mass is 10.0. The van der Waals surface area contributed by atoms with Crippen LogP contribution in [0.25, 0.3) is 0 Å². The van der Waals surface area contributed by atoms with Gasteiger partial charge in [0, 0.05) is 18.6 Å². The Labute approximate surface area is 114 Å². The molecule has 108 valence electrons. The Morgan fingerprint density at radius 1 is 1.06 bits per heavy atom. The summed E-state index contributed by atoms with van der Waals surface area (Å²) in [5.74, 6) is 0. The molecule has 0 aromatic heterocycles. The van der Waals surface area contributed by atoms with Gasteiger partial charge >= 0.3 is 0 Å². The molecule has 1 atom stereocenters. The highest BCUT2D eigenvalue weighted by Gasteiger charge is 2.26. The summed E-state index contributed by atoms with van der Waals surface area (Å²) < 4.78 is 0. The minimum absolute atomic E-state index is 0.639. The fourth-order valence-corrected chi connectivity index (χ4v) is 3.45. The van der Waals surface area contributed by atoms with Gasteiger partial charge < -0.3 is 5.73 Å². The molecule has 1 rings (SSSR count). The molecule has 0 aliphatic heterocycles. The largest absolute Gasteiger partial charge is 0.329 e. The third-order valence-corrected chi connectivity index (χ3v) is 4.54. The number of nitrogens with two attached hydrogens (primary N) is 1. The molecule has 1 saturated carbocycles. The lowest BCUT2D eigenvalue weighted by molar-refractivity contribution is 0.137. The molecular weight excluding hydrogens is 220 g/mol. The first-order chi connectivity index (χ1) is 8.83. The zero-order chi connectivity index (χ0) is 13.2. The molecular formula is C16H34N2. The minimum Gasteiger partial charge on any atom is -0.329 e. The normalized spacial score (nSPS) is 18.7. The predicted molar refractivity (Wildman–Crippen MR) is 80.9 cm³/mol. The van der Waals surface area contributed by atoms with Crippen molar-refractivity contribution in [2.75, 3.05) is 13.1 Å². The van der Waals surface area contributed by atoms with Gasteiger partial charge in [0.2, 0.25) is 0 Å². The number of hydrogen-bond donors (Lipinski definition) is 1. The Kier molecular flexibility index (Phi) is 8.70.